The zero-order valence-electron chi connectivity index (χ0n) is 14.3. The van der Waals surface area contributed by atoms with Gasteiger partial charge in [0.2, 0.25) is 0 Å². The number of halogens is 3. The van der Waals surface area contributed by atoms with Gasteiger partial charge in [-0.15, -0.1) is 0 Å². The summed E-state index contributed by atoms with van der Waals surface area (Å²) in [7, 11) is 0. The van der Waals surface area contributed by atoms with Gasteiger partial charge in [-0.3, -0.25) is 4.79 Å². The lowest BCUT2D eigenvalue weighted by Crippen LogP contribution is -2.35. The van der Waals surface area contributed by atoms with Crippen LogP contribution in [0.2, 0.25) is 0 Å². The molecule has 0 radical (unpaired) electrons. The second kappa shape index (κ2) is 7.31. The minimum Gasteiger partial charge on any atom is -0.356 e. The maximum atomic E-state index is 12.6. The number of carbonyl (C=O) groups is 1. The summed E-state index contributed by atoms with van der Waals surface area (Å²) in [6.07, 6.45) is -0.840. The number of rotatable bonds is 3. The Balaban J connectivity index is 1.71. The molecule has 1 saturated heterocycles. The van der Waals surface area contributed by atoms with E-state index < -0.39 is 17.6 Å². The fourth-order valence-electron chi connectivity index (χ4n) is 2.98. The third-order valence-electron chi connectivity index (χ3n) is 4.34. The largest absolute Gasteiger partial charge is 0.416 e. The summed E-state index contributed by atoms with van der Waals surface area (Å²) in [5, 5.41) is 2.56. The van der Waals surface area contributed by atoms with Gasteiger partial charge in [0.05, 0.1) is 5.56 Å². The van der Waals surface area contributed by atoms with E-state index in [9.17, 15) is 18.0 Å². The Morgan fingerprint density at radius 2 is 1.96 bits per heavy atom. The molecular formula is C18H19F3N4O. The molecule has 1 aliphatic rings. The van der Waals surface area contributed by atoms with Crippen LogP contribution >= 0.6 is 0 Å². The highest BCUT2D eigenvalue weighted by Crippen LogP contribution is 2.30. The van der Waals surface area contributed by atoms with Crippen molar-refractivity contribution in [3.63, 3.8) is 0 Å². The van der Waals surface area contributed by atoms with Gasteiger partial charge in [-0.2, -0.15) is 13.2 Å². The molecule has 1 atom stereocenters. The quantitative estimate of drug-likeness (QED) is 0.895. The minimum absolute atomic E-state index is 0.174. The lowest BCUT2D eigenvalue weighted by atomic mass is 10.0. The monoisotopic (exact) mass is 364 g/mol. The lowest BCUT2D eigenvalue weighted by molar-refractivity contribution is -0.137. The minimum atomic E-state index is -4.41. The van der Waals surface area contributed by atoms with Crippen molar-refractivity contribution in [1.29, 1.82) is 0 Å². The van der Waals surface area contributed by atoms with Crippen LogP contribution in [0.1, 0.15) is 35.8 Å². The summed E-state index contributed by atoms with van der Waals surface area (Å²) >= 11 is 0. The van der Waals surface area contributed by atoms with E-state index >= 15 is 0 Å². The average Bonchev–Trinajstić information content (AvgIpc) is 2.61. The number of hydrogen-bond acceptors (Lipinski definition) is 4. The van der Waals surface area contributed by atoms with Gasteiger partial charge >= 0.3 is 6.18 Å². The smallest absolute Gasteiger partial charge is 0.356 e. The van der Waals surface area contributed by atoms with Crippen molar-refractivity contribution in [3.8, 4) is 0 Å². The van der Waals surface area contributed by atoms with E-state index in [4.69, 9.17) is 0 Å². The third kappa shape index (κ3) is 4.30. The number of carbonyl (C=O) groups excluding carboxylic acids is 1. The Hall–Kier alpha value is -2.64. The summed E-state index contributed by atoms with van der Waals surface area (Å²) in [6.45, 7) is 3.92. The van der Waals surface area contributed by atoms with Crippen LogP contribution in [-0.2, 0) is 6.18 Å². The van der Waals surface area contributed by atoms with Gasteiger partial charge in [0.1, 0.15) is 17.8 Å². The van der Waals surface area contributed by atoms with Gasteiger partial charge in [-0.25, -0.2) is 9.97 Å². The van der Waals surface area contributed by atoms with E-state index in [1.54, 1.807) is 6.07 Å². The molecule has 0 spiro atoms. The first kappa shape index (κ1) is 18.2. The van der Waals surface area contributed by atoms with Crippen molar-refractivity contribution in [3.05, 3.63) is 47.9 Å². The van der Waals surface area contributed by atoms with Crippen LogP contribution in [0, 0.1) is 5.92 Å². The van der Waals surface area contributed by atoms with Gasteiger partial charge < -0.3 is 10.2 Å². The molecule has 1 aromatic carbocycles. The molecule has 1 unspecified atom stereocenters. The van der Waals surface area contributed by atoms with Crippen LogP contribution in [0.25, 0.3) is 0 Å². The van der Waals surface area contributed by atoms with Crippen LogP contribution in [0.3, 0.4) is 0 Å². The summed E-state index contributed by atoms with van der Waals surface area (Å²) in [4.78, 5) is 22.7. The maximum absolute atomic E-state index is 12.6. The second-order valence-corrected chi connectivity index (χ2v) is 6.48. The Labute approximate surface area is 149 Å². The molecule has 1 aliphatic heterocycles. The van der Waals surface area contributed by atoms with Gasteiger partial charge in [0.15, 0.2) is 0 Å². The summed E-state index contributed by atoms with van der Waals surface area (Å²) in [5.74, 6) is 0.755. The van der Waals surface area contributed by atoms with Crippen molar-refractivity contribution in [2.75, 3.05) is 23.3 Å². The number of piperidine rings is 1. The first-order chi connectivity index (χ1) is 12.3. The summed E-state index contributed by atoms with van der Waals surface area (Å²) < 4.78 is 37.8. The standard InChI is InChI=1S/C18H19F3N4O/c1-12-3-2-8-25(10-12)16-9-15(22-11-23-16)17(26)24-14-6-4-13(5-7-14)18(19,20)21/h4-7,9,11-12H,2-3,8,10H2,1H3,(H,24,26). The highest BCUT2D eigenvalue weighted by Gasteiger charge is 2.30. The second-order valence-electron chi connectivity index (χ2n) is 6.48. The fourth-order valence-corrected chi connectivity index (χ4v) is 2.98. The van der Waals surface area contributed by atoms with Crippen molar-refractivity contribution in [1.82, 2.24) is 9.97 Å². The first-order valence-electron chi connectivity index (χ1n) is 8.38. The molecule has 2 aromatic rings. The fraction of sp³-hybridized carbons (Fsp3) is 0.389. The molecule has 26 heavy (non-hydrogen) atoms. The number of hydrogen-bond donors (Lipinski definition) is 1. The molecule has 0 saturated carbocycles. The Morgan fingerprint density at radius 1 is 1.23 bits per heavy atom. The van der Waals surface area contributed by atoms with Crippen LogP contribution in [-0.4, -0.2) is 29.0 Å². The van der Waals surface area contributed by atoms with Crippen LogP contribution in [0.15, 0.2) is 36.7 Å². The highest BCUT2D eigenvalue weighted by molar-refractivity contribution is 6.03. The number of benzene rings is 1. The molecular weight excluding hydrogens is 345 g/mol. The SMILES string of the molecule is CC1CCCN(c2cc(C(=O)Nc3ccc(C(F)(F)F)cc3)ncn2)C1. The molecule has 2 heterocycles. The predicted octanol–water partition coefficient (Wildman–Crippen LogP) is 3.98. The average molecular weight is 364 g/mol. The van der Waals surface area contributed by atoms with E-state index in [1.165, 1.54) is 24.9 Å². The molecule has 8 heteroatoms. The normalized spacial score (nSPS) is 17.8. The molecule has 0 bridgehead atoms. The summed E-state index contributed by atoms with van der Waals surface area (Å²) in [6, 6.07) is 5.90. The Bertz CT molecular complexity index is 777. The third-order valence-corrected chi connectivity index (χ3v) is 4.34. The predicted molar refractivity (Wildman–Crippen MR) is 92.0 cm³/mol. The molecule has 1 N–H and O–H groups in total. The topological polar surface area (TPSA) is 58.1 Å². The number of anilines is 2. The van der Waals surface area contributed by atoms with Gasteiger partial charge in [-0.1, -0.05) is 6.92 Å². The molecule has 1 fully saturated rings. The van der Waals surface area contributed by atoms with E-state index in [-0.39, 0.29) is 11.4 Å². The van der Waals surface area contributed by atoms with Crippen molar-refractivity contribution >= 4 is 17.4 Å². The molecule has 1 amide bonds. The molecule has 1 aromatic heterocycles. The van der Waals surface area contributed by atoms with E-state index in [0.29, 0.717) is 11.7 Å². The van der Waals surface area contributed by atoms with E-state index in [1.807, 2.05) is 0 Å². The highest BCUT2D eigenvalue weighted by atomic mass is 19.4. The molecule has 5 nitrogen and oxygen atoms in total. The van der Waals surface area contributed by atoms with Gasteiger partial charge in [0.25, 0.3) is 5.91 Å². The van der Waals surface area contributed by atoms with Crippen molar-refractivity contribution in [2.24, 2.45) is 5.92 Å². The zero-order valence-corrected chi connectivity index (χ0v) is 14.3. The van der Waals surface area contributed by atoms with Crippen LogP contribution in [0.5, 0.6) is 0 Å². The number of amides is 1. The Kier molecular flexibility index (Phi) is 5.11. The Morgan fingerprint density at radius 3 is 2.62 bits per heavy atom. The number of aromatic nitrogens is 2. The first-order valence-corrected chi connectivity index (χ1v) is 8.38. The van der Waals surface area contributed by atoms with Crippen molar-refractivity contribution in [2.45, 2.75) is 25.9 Å². The van der Waals surface area contributed by atoms with Crippen LogP contribution < -0.4 is 10.2 Å². The lowest BCUT2D eigenvalue weighted by Gasteiger charge is -2.31. The maximum Gasteiger partial charge on any atom is 0.416 e. The number of alkyl halides is 3. The van der Waals surface area contributed by atoms with E-state index in [2.05, 4.69) is 27.1 Å². The zero-order chi connectivity index (χ0) is 18.7. The number of nitrogens with one attached hydrogen (secondary N) is 1. The van der Waals surface area contributed by atoms with Gasteiger partial charge in [0, 0.05) is 24.8 Å². The van der Waals surface area contributed by atoms with Crippen molar-refractivity contribution < 1.29 is 18.0 Å². The van der Waals surface area contributed by atoms with Gasteiger partial charge in [-0.05, 0) is 43.0 Å². The number of nitrogens with zero attached hydrogens (tertiary/aromatic N) is 3. The van der Waals surface area contributed by atoms with Crippen LogP contribution in [0.4, 0.5) is 24.7 Å². The van der Waals surface area contributed by atoms with E-state index in [0.717, 1.165) is 31.6 Å². The molecule has 0 aliphatic carbocycles. The molecule has 138 valence electrons. The molecule has 3 rings (SSSR count). The summed E-state index contributed by atoms with van der Waals surface area (Å²) in [5.41, 5.74) is -0.318.